The molecule has 2 aromatic carbocycles. The molecule has 2 heterocycles. The van der Waals surface area contributed by atoms with Crippen molar-refractivity contribution in [3.8, 4) is 6.07 Å². The van der Waals surface area contributed by atoms with E-state index in [-0.39, 0.29) is 11.2 Å². The quantitative estimate of drug-likeness (QED) is 0.405. The lowest BCUT2D eigenvalue weighted by Gasteiger charge is -2.39. The molecule has 1 fully saturated rings. The van der Waals surface area contributed by atoms with Crippen molar-refractivity contribution in [3.63, 3.8) is 0 Å². The summed E-state index contributed by atoms with van der Waals surface area (Å²) in [5, 5.41) is 10.2. The summed E-state index contributed by atoms with van der Waals surface area (Å²) >= 11 is 3.80. The van der Waals surface area contributed by atoms with E-state index in [1.54, 1.807) is 6.07 Å². The molecule has 0 unspecified atom stereocenters. The first-order valence-corrected chi connectivity index (χ1v) is 13.5. The number of H-pyrrole nitrogens is 1. The number of rotatable bonds is 6. The van der Waals surface area contributed by atoms with E-state index in [1.807, 2.05) is 25.1 Å². The van der Waals surface area contributed by atoms with E-state index in [2.05, 4.69) is 63.7 Å². The largest absolute Gasteiger partial charge is 0.380 e. The number of halogens is 1. The summed E-state index contributed by atoms with van der Waals surface area (Å²) < 4.78 is 6.50. The number of likely N-dealkylation sites (N-methyl/N-ethyl adjacent to an activating group) is 1. The Hall–Kier alpha value is -2.66. The number of anilines is 1. The number of nitrogens with one attached hydrogen (secondary N) is 1. The zero-order chi connectivity index (χ0) is 25.6. The Morgan fingerprint density at radius 3 is 2.69 bits per heavy atom. The summed E-state index contributed by atoms with van der Waals surface area (Å²) in [7, 11) is 2.19. The Kier molecular flexibility index (Phi) is 6.71. The molecule has 36 heavy (non-hydrogen) atoms. The molecule has 0 saturated carbocycles. The first-order valence-electron chi connectivity index (χ1n) is 12.7. The second-order valence-corrected chi connectivity index (χ2v) is 11.3. The van der Waals surface area contributed by atoms with Crippen LogP contribution in [0.3, 0.4) is 0 Å². The normalized spacial score (nSPS) is 17.4. The monoisotopic (exact) mass is 548 g/mol. The molecular formula is C29H33BrN4O2. The number of benzene rings is 2. The molecule has 1 saturated heterocycles. The summed E-state index contributed by atoms with van der Waals surface area (Å²) in [5.74, 6) is 0.0390. The van der Waals surface area contributed by atoms with Gasteiger partial charge >= 0.3 is 0 Å². The topological polar surface area (TPSA) is 72.4 Å². The van der Waals surface area contributed by atoms with Crippen LogP contribution in [0, 0.1) is 11.3 Å². The molecule has 1 N–H and O–H groups in total. The van der Waals surface area contributed by atoms with Crippen molar-refractivity contribution in [2.24, 2.45) is 0 Å². The SMILES string of the molecule is CCOCCN(C)C1CCN(c2cc3c(cc2Br)C(=O)c2c([nH]c4cc(C#N)ccc24)C3(C)C)CC1. The van der Waals surface area contributed by atoms with Gasteiger partial charge in [-0.25, -0.2) is 0 Å². The Bertz CT molecular complexity index is 1360. The fraction of sp³-hybridized carbons (Fsp3) is 0.448. The lowest BCUT2D eigenvalue weighted by molar-refractivity contribution is 0.101. The van der Waals surface area contributed by atoms with E-state index in [4.69, 9.17) is 4.74 Å². The van der Waals surface area contributed by atoms with Gasteiger partial charge in [0.05, 0.1) is 29.5 Å². The molecule has 5 rings (SSSR count). The van der Waals surface area contributed by atoms with Crippen LogP contribution in [0.2, 0.25) is 0 Å². The van der Waals surface area contributed by atoms with Crippen molar-refractivity contribution >= 4 is 38.3 Å². The number of fused-ring (bicyclic) bond motifs is 4. The highest BCUT2D eigenvalue weighted by Crippen LogP contribution is 2.46. The summed E-state index contributed by atoms with van der Waals surface area (Å²) in [4.78, 5) is 22.1. The molecule has 0 atom stereocenters. The van der Waals surface area contributed by atoms with Crippen molar-refractivity contribution in [2.75, 3.05) is 44.8 Å². The molecule has 1 aliphatic heterocycles. The summed E-state index contributed by atoms with van der Waals surface area (Å²) in [6.07, 6.45) is 2.20. The first kappa shape index (κ1) is 25.0. The van der Waals surface area contributed by atoms with Crippen LogP contribution in [0.5, 0.6) is 0 Å². The third kappa shape index (κ3) is 4.15. The molecule has 0 spiro atoms. The predicted molar refractivity (Wildman–Crippen MR) is 147 cm³/mol. The maximum absolute atomic E-state index is 13.8. The zero-order valence-electron chi connectivity index (χ0n) is 21.4. The maximum Gasteiger partial charge on any atom is 0.195 e. The average Bonchev–Trinajstić information content (AvgIpc) is 3.27. The predicted octanol–water partition coefficient (Wildman–Crippen LogP) is 5.61. The van der Waals surface area contributed by atoms with Crippen LogP contribution in [-0.4, -0.2) is 61.6 Å². The second-order valence-electron chi connectivity index (χ2n) is 10.4. The van der Waals surface area contributed by atoms with Crippen LogP contribution in [-0.2, 0) is 10.2 Å². The minimum Gasteiger partial charge on any atom is -0.380 e. The number of aromatic nitrogens is 1. The van der Waals surface area contributed by atoms with Crippen LogP contribution in [0.15, 0.2) is 34.8 Å². The Balaban J connectivity index is 1.44. The number of nitriles is 1. The Labute approximate surface area is 221 Å². The van der Waals surface area contributed by atoms with Crippen molar-refractivity contribution in [3.05, 3.63) is 62.8 Å². The molecule has 3 aromatic rings. The van der Waals surface area contributed by atoms with E-state index in [9.17, 15) is 10.1 Å². The maximum atomic E-state index is 13.8. The molecule has 7 heteroatoms. The third-order valence-electron chi connectivity index (χ3n) is 8.01. The van der Waals surface area contributed by atoms with Gasteiger partial charge in [-0.1, -0.05) is 19.9 Å². The number of carbonyl (C=O) groups excluding carboxylic acids is 1. The number of hydrogen-bond donors (Lipinski definition) is 1. The summed E-state index contributed by atoms with van der Waals surface area (Å²) in [6.45, 7) is 10.8. The molecule has 6 nitrogen and oxygen atoms in total. The van der Waals surface area contributed by atoms with Gasteiger partial charge < -0.3 is 19.5 Å². The highest BCUT2D eigenvalue weighted by Gasteiger charge is 2.40. The van der Waals surface area contributed by atoms with Gasteiger partial charge in [0.1, 0.15) is 0 Å². The second kappa shape index (κ2) is 9.66. The fourth-order valence-corrected chi connectivity index (χ4v) is 6.43. The number of ether oxygens (including phenoxy) is 1. The smallest absolute Gasteiger partial charge is 0.195 e. The minimum absolute atomic E-state index is 0.0390. The fourth-order valence-electron chi connectivity index (χ4n) is 5.83. The minimum atomic E-state index is -0.377. The molecule has 0 amide bonds. The summed E-state index contributed by atoms with van der Waals surface area (Å²) in [6, 6.07) is 12.5. The Morgan fingerprint density at radius 1 is 1.25 bits per heavy atom. The lowest BCUT2D eigenvalue weighted by Crippen LogP contribution is -2.44. The molecular weight excluding hydrogens is 516 g/mol. The van der Waals surface area contributed by atoms with Gasteiger partial charge in [0.25, 0.3) is 0 Å². The van der Waals surface area contributed by atoms with E-state index in [1.165, 1.54) is 0 Å². The van der Waals surface area contributed by atoms with E-state index >= 15 is 0 Å². The lowest BCUT2D eigenvalue weighted by atomic mass is 9.71. The molecule has 1 aromatic heterocycles. The van der Waals surface area contributed by atoms with Crippen molar-refractivity contribution in [1.29, 1.82) is 5.26 Å². The molecule has 2 aliphatic rings. The Morgan fingerprint density at radius 2 is 2.00 bits per heavy atom. The number of piperidine rings is 1. The van der Waals surface area contributed by atoms with Crippen molar-refractivity contribution in [2.45, 2.75) is 45.1 Å². The molecule has 188 valence electrons. The number of ketones is 1. The van der Waals surface area contributed by atoms with Gasteiger partial charge in [-0.05, 0) is 72.6 Å². The van der Waals surface area contributed by atoms with Crippen LogP contribution in [0.1, 0.15) is 66.4 Å². The van der Waals surface area contributed by atoms with Crippen LogP contribution in [0.4, 0.5) is 5.69 Å². The number of hydrogen-bond acceptors (Lipinski definition) is 5. The van der Waals surface area contributed by atoms with Crippen LogP contribution < -0.4 is 4.90 Å². The number of carbonyl (C=O) groups is 1. The van der Waals surface area contributed by atoms with Gasteiger partial charge in [-0.2, -0.15) is 5.26 Å². The molecule has 0 radical (unpaired) electrons. The van der Waals surface area contributed by atoms with Crippen LogP contribution in [0.25, 0.3) is 10.9 Å². The van der Waals surface area contributed by atoms with Gasteiger partial charge in [-0.3, -0.25) is 4.79 Å². The number of nitrogens with zero attached hydrogens (tertiary/aromatic N) is 3. The van der Waals surface area contributed by atoms with E-state index < -0.39 is 0 Å². The molecule has 0 bridgehead atoms. The van der Waals surface area contributed by atoms with Gasteiger partial charge in [0.2, 0.25) is 0 Å². The third-order valence-corrected chi connectivity index (χ3v) is 8.64. The van der Waals surface area contributed by atoms with Crippen LogP contribution >= 0.6 is 15.9 Å². The summed E-state index contributed by atoms with van der Waals surface area (Å²) in [5.41, 5.74) is 5.63. The van der Waals surface area contributed by atoms with Gasteiger partial charge in [0.15, 0.2) is 5.78 Å². The standard InChI is InChI=1S/C29H33BrN4O2/c1-5-36-13-12-33(4)19-8-10-34(11-9-19)25-16-22-21(15-23(25)30)27(35)26-20-7-6-18(17-31)14-24(20)32-28(26)29(22,2)3/h6-7,14-16,19,32H,5,8-13H2,1-4H3. The zero-order valence-corrected chi connectivity index (χ0v) is 23.0. The average molecular weight is 550 g/mol. The number of aromatic amines is 1. The highest BCUT2D eigenvalue weighted by atomic mass is 79.9. The van der Waals surface area contributed by atoms with E-state index in [0.29, 0.717) is 11.6 Å². The van der Waals surface area contributed by atoms with Crippen molar-refractivity contribution in [1.82, 2.24) is 9.88 Å². The van der Waals surface area contributed by atoms with E-state index in [0.717, 1.165) is 89.1 Å². The van der Waals surface area contributed by atoms with Crippen molar-refractivity contribution < 1.29 is 9.53 Å². The highest BCUT2D eigenvalue weighted by molar-refractivity contribution is 9.10. The molecule has 1 aliphatic carbocycles. The first-order chi connectivity index (χ1) is 17.3. The van der Waals surface area contributed by atoms with Gasteiger partial charge in [-0.15, -0.1) is 0 Å². The van der Waals surface area contributed by atoms with Gasteiger partial charge in [0, 0.05) is 64.3 Å².